The van der Waals surface area contributed by atoms with Crippen molar-refractivity contribution >= 4 is 34.9 Å². The summed E-state index contributed by atoms with van der Waals surface area (Å²) in [6, 6.07) is 10.9. The fraction of sp³-hybridized carbons (Fsp3) is 0.150. The first kappa shape index (κ1) is 19.6. The van der Waals surface area contributed by atoms with Gasteiger partial charge in [0.15, 0.2) is 11.2 Å². The molecule has 0 spiro atoms. The molecule has 1 aromatic carbocycles. The molecular formula is C20H18ClN7O2. The van der Waals surface area contributed by atoms with Gasteiger partial charge in [-0.25, -0.2) is 10.2 Å². The highest BCUT2D eigenvalue weighted by Gasteiger charge is 2.19. The Morgan fingerprint density at radius 2 is 1.77 bits per heavy atom. The lowest BCUT2D eigenvalue weighted by Crippen LogP contribution is -2.37. The van der Waals surface area contributed by atoms with Gasteiger partial charge in [0.1, 0.15) is 0 Å². The van der Waals surface area contributed by atoms with E-state index >= 15 is 0 Å². The second kappa shape index (κ2) is 7.96. The van der Waals surface area contributed by atoms with Crippen LogP contribution < -0.4 is 16.7 Å². The highest BCUT2D eigenvalue weighted by atomic mass is 35.5. The van der Waals surface area contributed by atoms with Gasteiger partial charge in [0.25, 0.3) is 5.56 Å². The first-order valence-corrected chi connectivity index (χ1v) is 9.43. The Kier molecular flexibility index (Phi) is 5.20. The van der Waals surface area contributed by atoms with Gasteiger partial charge in [0.05, 0.1) is 12.8 Å². The summed E-state index contributed by atoms with van der Waals surface area (Å²) in [5.74, 6) is 0.337. The predicted octanol–water partition coefficient (Wildman–Crippen LogP) is 1.98. The molecule has 152 valence electrons. The number of benzene rings is 1. The second-order valence-corrected chi connectivity index (χ2v) is 7.11. The highest BCUT2D eigenvalue weighted by molar-refractivity contribution is 6.30. The van der Waals surface area contributed by atoms with Crippen LogP contribution in [-0.4, -0.2) is 29.9 Å². The lowest BCUT2D eigenvalue weighted by Gasteiger charge is -2.09. The van der Waals surface area contributed by atoms with E-state index in [1.807, 2.05) is 12.1 Å². The molecule has 0 atom stereocenters. The smallest absolute Gasteiger partial charge is 0.298 e. The SMILES string of the molecule is Cn1c(=O)c2c(nc(NN=Cc3ccncc3)n2Cc2ccc(Cl)cc2)n(C)c1=O. The molecule has 4 rings (SSSR count). The Morgan fingerprint density at radius 3 is 2.47 bits per heavy atom. The summed E-state index contributed by atoms with van der Waals surface area (Å²) in [6.45, 7) is 0.341. The second-order valence-electron chi connectivity index (χ2n) is 6.68. The maximum Gasteiger partial charge on any atom is 0.332 e. The lowest BCUT2D eigenvalue weighted by molar-refractivity contribution is 0.702. The summed E-state index contributed by atoms with van der Waals surface area (Å²) in [5, 5.41) is 4.84. The van der Waals surface area contributed by atoms with Crippen LogP contribution in [0.2, 0.25) is 5.02 Å². The van der Waals surface area contributed by atoms with Crippen LogP contribution in [0.3, 0.4) is 0 Å². The summed E-state index contributed by atoms with van der Waals surface area (Å²) in [6.07, 6.45) is 4.94. The zero-order valence-electron chi connectivity index (χ0n) is 16.3. The van der Waals surface area contributed by atoms with E-state index in [-0.39, 0.29) is 5.65 Å². The molecule has 0 aliphatic rings. The van der Waals surface area contributed by atoms with Crippen molar-refractivity contribution in [1.82, 2.24) is 23.7 Å². The first-order chi connectivity index (χ1) is 14.5. The fourth-order valence-electron chi connectivity index (χ4n) is 3.07. The topological polar surface area (TPSA) is 99.1 Å². The number of pyridine rings is 1. The zero-order chi connectivity index (χ0) is 21.3. The maximum atomic E-state index is 12.9. The normalized spacial score (nSPS) is 11.4. The number of imidazole rings is 1. The van der Waals surface area contributed by atoms with E-state index in [0.717, 1.165) is 15.7 Å². The van der Waals surface area contributed by atoms with Crippen LogP contribution in [0, 0.1) is 0 Å². The number of hydrogen-bond donors (Lipinski definition) is 1. The van der Waals surface area contributed by atoms with Crippen LogP contribution in [0.25, 0.3) is 11.2 Å². The highest BCUT2D eigenvalue weighted by Crippen LogP contribution is 2.19. The van der Waals surface area contributed by atoms with Gasteiger partial charge in [-0.05, 0) is 35.4 Å². The maximum absolute atomic E-state index is 12.9. The lowest BCUT2D eigenvalue weighted by atomic mass is 10.2. The molecule has 0 bridgehead atoms. The van der Waals surface area contributed by atoms with Gasteiger partial charge in [-0.15, -0.1) is 0 Å². The van der Waals surface area contributed by atoms with E-state index in [1.165, 1.54) is 11.6 Å². The Labute approximate surface area is 175 Å². The number of nitrogens with one attached hydrogen (secondary N) is 1. The molecule has 4 aromatic rings. The monoisotopic (exact) mass is 423 g/mol. The van der Waals surface area contributed by atoms with E-state index < -0.39 is 11.2 Å². The molecular weight excluding hydrogens is 406 g/mol. The Morgan fingerprint density at radius 1 is 1.07 bits per heavy atom. The summed E-state index contributed by atoms with van der Waals surface area (Å²) in [5.41, 5.74) is 4.35. The molecule has 10 heteroatoms. The largest absolute Gasteiger partial charge is 0.332 e. The van der Waals surface area contributed by atoms with Crippen molar-refractivity contribution in [3.63, 3.8) is 0 Å². The quantitative estimate of drug-likeness (QED) is 0.391. The first-order valence-electron chi connectivity index (χ1n) is 9.05. The van der Waals surface area contributed by atoms with Crippen molar-refractivity contribution in [2.75, 3.05) is 5.43 Å². The van der Waals surface area contributed by atoms with Crippen LogP contribution in [0.4, 0.5) is 5.95 Å². The van der Waals surface area contributed by atoms with Crippen molar-refractivity contribution in [1.29, 1.82) is 0 Å². The van der Waals surface area contributed by atoms with Gasteiger partial charge in [0, 0.05) is 31.5 Å². The molecule has 0 unspecified atom stereocenters. The van der Waals surface area contributed by atoms with Gasteiger partial charge in [0.2, 0.25) is 5.95 Å². The van der Waals surface area contributed by atoms with E-state index in [1.54, 1.807) is 54.5 Å². The number of aromatic nitrogens is 5. The van der Waals surface area contributed by atoms with Crippen LogP contribution in [-0.2, 0) is 20.6 Å². The summed E-state index contributed by atoms with van der Waals surface area (Å²) < 4.78 is 4.10. The summed E-state index contributed by atoms with van der Waals surface area (Å²) in [4.78, 5) is 33.6. The Balaban J connectivity index is 1.83. The van der Waals surface area contributed by atoms with E-state index in [9.17, 15) is 9.59 Å². The number of rotatable bonds is 5. The van der Waals surface area contributed by atoms with E-state index in [0.29, 0.717) is 23.0 Å². The van der Waals surface area contributed by atoms with Crippen molar-refractivity contribution in [3.8, 4) is 0 Å². The molecule has 0 saturated carbocycles. The average Bonchev–Trinajstić information content (AvgIpc) is 3.11. The molecule has 0 fully saturated rings. The van der Waals surface area contributed by atoms with Crippen LogP contribution in [0.5, 0.6) is 0 Å². The van der Waals surface area contributed by atoms with Crippen LogP contribution in [0.1, 0.15) is 11.1 Å². The third kappa shape index (κ3) is 3.62. The van der Waals surface area contributed by atoms with E-state index in [2.05, 4.69) is 20.5 Å². The molecule has 9 nitrogen and oxygen atoms in total. The molecule has 3 aromatic heterocycles. The summed E-state index contributed by atoms with van der Waals surface area (Å²) >= 11 is 5.98. The minimum Gasteiger partial charge on any atom is -0.298 e. The number of hydrazone groups is 1. The molecule has 3 heterocycles. The van der Waals surface area contributed by atoms with Crippen molar-refractivity contribution < 1.29 is 0 Å². The Hall–Kier alpha value is -3.72. The standard InChI is InChI=1S/C20H18ClN7O2/c1-26-17-16(18(29)27(2)20(26)30)28(12-14-3-5-15(21)6-4-14)19(24-17)25-23-11-13-7-9-22-10-8-13/h3-11H,12H2,1-2H3,(H,24,25). The van der Waals surface area contributed by atoms with Gasteiger partial charge < -0.3 is 0 Å². The fourth-order valence-corrected chi connectivity index (χ4v) is 3.20. The van der Waals surface area contributed by atoms with Crippen molar-refractivity contribution in [2.24, 2.45) is 19.2 Å². The third-order valence-corrected chi connectivity index (χ3v) is 4.94. The molecule has 0 saturated heterocycles. The average molecular weight is 424 g/mol. The van der Waals surface area contributed by atoms with Gasteiger partial charge in [-0.1, -0.05) is 23.7 Å². The number of anilines is 1. The summed E-state index contributed by atoms with van der Waals surface area (Å²) in [7, 11) is 3.02. The number of nitrogens with zero attached hydrogens (tertiary/aromatic N) is 6. The molecule has 0 aliphatic carbocycles. The number of aryl methyl sites for hydroxylation is 1. The van der Waals surface area contributed by atoms with Gasteiger partial charge in [-0.2, -0.15) is 10.1 Å². The van der Waals surface area contributed by atoms with Gasteiger partial charge >= 0.3 is 5.69 Å². The number of fused-ring (bicyclic) bond motifs is 1. The van der Waals surface area contributed by atoms with Crippen molar-refractivity contribution in [2.45, 2.75) is 6.54 Å². The van der Waals surface area contributed by atoms with Gasteiger partial charge in [-0.3, -0.25) is 23.5 Å². The Bertz CT molecular complexity index is 1350. The minimum atomic E-state index is -0.449. The molecule has 1 N–H and O–H groups in total. The van der Waals surface area contributed by atoms with Crippen molar-refractivity contribution in [3.05, 3.63) is 85.8 Å². The van der Waals surface area contributed by atoms with E-state index in [4.69, 9.17) is 11.6 Å². The minimum absolute atomic E-state index is 0.277. The van der Waals surface area contributed by atoms with Crippen LogP contribution in [0.15, 0.2) is 63.5 Å². The molecule has 0 radical (unpaired) electrons. The third-order valence-electron chi connectivity index (χ3n) is 4.69. The molecule has 30 heavy (non-hydrogen) atoms. The zero-order valence-corrected chi connectivity index (χ0v) is 17.0. The molecule has 0 aliphatic heterocycles. The molecule has 0 amide bonds. The number of halogens is 1. The van der Waals surface area contributed by atoms with Crippen LogP contribution >= 0.6 is 11.6 Å². The number of hydrogen-bond acceptors (Lipinski definition) is 6. The predicted molar refractivity (Wildman–Crippen MR) is 116 cm³/mol.